The molecule has 0 radical (unpaired) electrons. The van der Waals surface area contributed by atoms with Crippen LogP contribution in [0.15, 0.2) is 55.4 Å². The van der Waals surface area contributed by atoms with Crippen molar-refractivity contribution in [2.75, 3.05) is 32.6 Å². The van der Waals surface area contributed by atoms with Crippen LogP contribution in [0.1, 0.15) is 18.4 Å². The molecule has 0 spiro atoms. The average molecular weight is 513 g/mol. The number of hydrogen-bond acceptors (Lipinski definition) is 10. The summed E-state index contributed by atoms with van der Waals surface area (Å²) in [6, 6.07) is 11.4. The highest BCUT2D eigenvalue weighted by Gasteiger charge is 2.21. The van der Waals surface area contributed by atoms with E-state index in [4.69, 9.17) is 14.2 Å². The van der Waals surface area contributed by atoms with Crippen molar-refractivity contribution < 1.29 is 14.2 Å². The van der Waals surface area contributed by atoms with Gasteiger partial charge >= 0.3 is 0 Å². The largest absolute Gasteiger partial charge is 0.497 e. The second-order valence-electron chi connectivity index (χ2n) is 9.36. The lowest BCUT2D eigenvalue weighted by molar-refractivity contribution is 0.115. The molecule has 0 aliphatic carbocycles. The molecule has 0 saturated carbocycles. The topological polar surface area (TPSA) is 112 Å². The molecule has 11 nitrogen and oxygen atoms in total. The van der Waals surface area contributed by atoms with E-state index in [0.717, 1.165) is 48.1 Å². The Labute approximate surface area is 219 Å². The summed E-state index contributed by atoms with van der Waals surface area (Å²) in [5, 5.41) is 8.32. The summed E-state index contributed by atoms with van der Waals surface area (Å²) >= 11 is 0. The molecule has 1 saturated heterocycles. The van der Waals surface area contributed by atoms with Gasteiger partial charge in [-0.05, 0) is 50.6 Å². The Morgan fingerprint density at radius 3 is 2.63 bits per heavy atom. The van der Waals surface area contributed by atoms with Crippen LogP contribution in [0.3, 0.4) is 0 Å². The van der Waals surface area contributed by atoms with Crippen molar-refractivity contribution in [3.05, 3.63) is 60.9 Å². The lowest BCUT2D eigenvalue weighted by Crippen LogP contribution is -2.35. The van der Waals surface area contributed by atoms with Crippen LogP contribution >= 0.6 is 0 Å². The van der Waals surface area contributed by atoms with E-state index in [1.54, 1.807) is 30.3 Å². The third kappa shape index (κ3) is 4.88. The summed E-state index contributed by atoms with van der Waals surface area (Å²) in [7, 11) is 3.78. The molecule has 2 aromatic carbocycles. The first-order chi connectivity index (χ1) is 18.6. The number of nitrogens with zero attached hydrogens (tertiary/aromatic N) is 7. The molecule has 0 unspecified atom stereocenters. The van der Waals surface area contributed by atoms with Crippen molar-refractivity contribution in [3.8, 4) is 23.1 Å². The minimum Gasteiger partial charge on any atom is -0.497 e. The van der Waals surface area contributed by atoms with E-state index in [2.05, 4.69) is 42.3 Å². The van der Waals surface area contributed by atoms with Gasteiger partial charge in [0, 0.05) is 37.0 Å². The highest BCUT2D eigenvalue weighted by Crippen LogP contribution is 2.37. The van der Waals surface area contributed by atoms with E-state index in [9.17, 15) is 0 Å². The number of piperidine rings is 1. The zero-order valence-corrected chi connectivity index (χ0v) is 21.5. The quantitative estimate of drug-likeness (QED) is 0.337. The van der Waals surface area contributed by atoms with Crippen LogP contribution in [0.5, 0.6) is 23.1 Å². The Morgan fingerprint density at radius 1 is 0.947 bits per heavy atom. The fourth-order valence-corrected chi connectivity index (χ4v) is 4.57. The van der Waals surface area contributed by atoms with Gasteiger partial charge < -0.3 is 24.4 Å². The lowest BCUT2D eigenvalue weighted by atomic mass is 10.1. The second kappa shape index (κ2) is 10.1. The SMILES string of the molecule is COc1cc(OC2CCN(C)CC2)c2c(Nc3ccc(Oc4cc5ncnn5cn4)c(C)c3)ncnc2c1. The monoisotopic (exact) mass is 512 g/mol. The molecule has 5 aromatic rings. The van der Waals surface area contributed by atoms with Gasteiger partial charge in [0.2, 0.25) is 5.88 Å². The molecular weight excluding hydrogens is 484 g/mol. The van der Waals surface area contributed by atoms with Gasteiger partial charge in [-0.15, -0.1) is 0 Å². The molecule has 1 N–H and O–H groups in total. The van der Waals surface area contributed by atoms with Crippen molar-refractivity contribution in [3.63, 3.8) is 0 Å². The van der Waals surface area contributed by atoms with Gasteiger partial charge in [0.15, 0.2) is 5.65 Å². The molecule has 0 atom stereocenters. The lowest BCUT2D eigenvalue weighted by Gasteiger charge is -2.29. The third-order valence-corrected chi connectivity index (χ3v) is 6.67. The number of rotatable bonds is 7. The fourth-order valence-electron chi connectivity index (χ4n) is 4.57. The maximum absolute atomic E-state index is 6.51. The van der Waals surface area contributed by atoms with Crippen LogP contribution in [0.4, 0.5) is 11.5 Å². The summed E-state index contributed by atoms with van der Waals surface area (Å²) in [6.07, 6.45) is 6.64. The number of nitrogens with one attached hydrogen (secondary N) is 1. The van der Waals surface area contributed by atoms with E-state index in [1.807, 2.05) is 37.3 Å². The number of hydrogen-bond donors (Lipinski definition) is 1. The molecule has 1 fully saturated rings. The predicted octanol–water partition coefficient (Wildman–Crippen LogP) is 4.39. The molecule has 3 aromatic heterocycles. The van der Waals surface area contributed by atoms with Gasteiger partial charge in [-0.2, -0.15) is 5.10 Å². The van der Waals surface area contributed by atoms with Crippen molar-refractivity contribution in [1.82, 2.24) is 34.4 Å². The molecule has 4 heterocycles. The first-order valence-electron chi connectivity index (χ1n) is 12.4. The standard InChI is InChI=1S/C27H28N8O3/c1-17-10-18(4-5-22(17)38-25-13-24-29-15-32-35(24)16-31-25)33-27-26-21(28-14-30-27)11-20(36-3)12-23(26)37-19-6-8-34(2)9-7-19/h4-5,10-16,19H,6-9H2,1-3H3,(H,28,30,33). The van der Waals surface area contributed by atoms with Gasteiger partial charge in [0.1, 0.15) is 48.2 Å². The normalized spacial score (nSPS) is 14.6. The highest BCUT2D eigenvalue weighted by molar-refractivity contribution is 5.96. The van der Waals surface area contributed by atoms with Crippen LogP contribution in [0, 0.1) is 6.92 Å². The number of methoxy groups -OCH3 is 1. The molecule has 6 rings (SSSR count). The van der Waals surface area contributed by atoms with Gasteiger partial charge in [0.05, 0.1) is 18.0 Å². The van der Waals surface area contributed by atoms with E-state index in [-0.39, 0.29) is 6.10 Å². The predicted molar refractivity (Wildman–Crippen MR) is 143 cm³/mol. The summed E-state index contributed by atoms with van der Waals surface area (Å²) < 4.78 is 19.6. The number of aromatic nitrogens is 6. The Balaban J connectivity index is 1.28. The molecular formula is C27H28N8O3. The maximum atomic E-state index is 6.51. The number of benzene rings is 2. The summed E-state index contributed by atoms with van der Waals surface area (Å²) in [6.45, 7) is 3.99. The summed E-state index contributed by atoms with van der Waals surface area (Å²) in [5.41, 5.74) is 3.20. The van der Waals surface area contributed by atoms with Gasteiger partial charge in [0.25, 0.3) is 0 Å². The minimum absolute atomic E-state index is 0.124. The first kappa shape index (κ1) is 23.9. The van der Waals surface area contributed by atoms with Crippen molar-refractivity contribution in [2.45, 2.75) is 25.9 Å². The summed E-state index contributed by atoms with van der Waals surface area (Å²) in [4.78, 5) is 19.8. The van der Waals surface area contributed by atoms with E-state index >= 15 is 0 Å². The summed E-state index contributed by atoms with van der Waals surface area (Å²) in [5.74, 6) is 3.20. The number of aryl methyl sites for hydroxylation is 1. The third-order valence-electron chi connectivity index (χ3n) is 6.67. The van der Waals surface area contributed by atoms with Gasteiger partial charge in [-0.3, -0.25) is 0 Å². The highest BCUT2D eigenvalue weighted by atomic mass is 16.5. The maximum Gasteiger partial charge on any atom is 0.224 e. The van der Waals surface area contributed by atoms with Crippen LogP contribution in [-0.2, 0) is 0 Å². The van der Waals surface area contributed by atoms with Crippen molar-refractivity contribution in [2.24, 2.45) is 0 Å². The molecule has 0 amide bonds. The van der Waals surface area contributed by atoms with Crippen molar-refractivity contribution in [1.29, 1.82) is 0 Å². The van der Waals surface area contributed by atoms with Gasteiger partial charge in [-0.25, -0.2) is 24.5 Å². The molecule has 11 heteroatoms. The zero-order chi connectivity index (χ0) is 26.1. The fraction of sp³-hybridized carbons (Fsp3) is 0.296. The number of fused-ring (bicyclic) bond motifs is 2. The van der Waals surface area contributed by atoms with E-state index in [1.165, 1.54) is 6.33 Å². The Bertz CT molecular complexity index is 1600. The van der Waals surface area contributed by atoms with Crippen LogP contribution < -0.4 is 19.5 Å². The Kier molecular flexibility index (Phi) is 6.34. The molecule has 194 valence electrons. The number of anilines is 2. The molecule has 1 aliphatic rings. The molecule has 0 bridgehead atoms. The Morgan fingerprint density at radius 2 is 1.82 bits per heavy atom. The van der Waals surface area contributed by atoms with E-state index < -0.39 is 0 Å². The smallest absolute Gasteiger partial charge is 0.224 e. The Hall–Kier alpha value is -4.51. The van der Waals surface area contributed by atoms with Crippen LogP contribution in [0.2, 0.25) is 0 Å². The average Bonchev–Trinajstić information content (AvgIpc) is 3.39. The zero-order valence-electron chi connectivity index (χ0n) is 21.5. The van der Waals surface area contributed by atoms with Crippen molar-refractivity contribution >= 4 is 28.1 Å². The number of likely N-dealkylation sites (tertiary alicyclic amines) is 1. The molecule has 38 heavy (non-hydrogen) atoms. The van der Waals surface area contributed by atoms with Crippen LogP contribution in [0.25, 0.3) is 16.6 Å². The number of ether oxygens (including phenoxy) is 3. The van der Waals surface area contributed by atoms with Gasteiger partial charge in [-0.1, -0.05) is 0 Å². The minimum atomic E-state index is 0.124. The van der Waals surface area contributed by atoms with Crippen LogP contribution in [-0.4, -0.2) is 67.8 Å². The second-order valence-corrected chi connectivity index (χ2v) is 9.36. The first-order valence-corrected chi connectivity index (χ1v) is 12.4. The van der Waals surface area contributed by atoms with E-state index in [0.29, 0.717) is 34.6 Å². The molecule has 1 aliphatic heterocycles.